The second kappa shape index (κ2) is 7.55. The van der Waals surface area contributed by atoms with Crippen molar-refractivity contribution in [3.05, 3.63) is 24.8 Å². The van der Waals surface area contributed by atoms with Crippen molar-refractivity contribution < 1.29 is 5.11 Å². The van der Waals surface area contributed by atoms with Gasteiger partial charge in [-0.1, -0.05) is 25.2 Å². The van der Waals surface area contributed by atoms with Crippen molar-refractivity contribution in [1.29, 1.82) is 0 Å². The Labute approximate surface area is 69.4 Å². The molecular weight excluding hydrogens is 136 g/mol. The molecule has 0 fully saturated rings. The molecule has 64 valence electrons. The molecule has 0 aromatic heterocycles. The molecule has 0 rings (SSSR count). The van der Waals surface area contributed by atoms with Gasteiger partial charge in [0.2, 0.25) is 0 Å². The second-order valence-corrected chi connectivity index (χ2v) is 2.63. The number of aliphatic hydroxyl groups excluding tert-OH is 1. The molecule has 0 bridgehead atoms. The van der Waals surface area contributed by atoms with Gasteiger partial charge in [0.15, 0.2) is 0 Å². The number of allylic oxidation sites excluding steroid dienone is 3. The van der Waals surface area contributed by atoms with Crippen LogP contribution in [0, 0.1) is 5.92 Å². The number of aliphatic hydroxyl groups is 1. The second-order valence-electron chi connectivity index (χ2n) is 2.63. The smallest absolute Gasteiger partial charge is 0.0436 e. The molecule has 1 nitrogen and oxygen atoms in total. The van der Waals surface area contributed by atoms with Crippen molar-refractivity contribution in [2.75, 3.05) is 6.61 Å². The summed E-state index contributed by atoms with van der Waals surface area (Å²) in [5, 5.41) is 8.69. The molecule has 0 aromatic rings. The third kappa shape index (κ3) is 5.86. The predicted octanol–water partition coefficient (Wildman–Crippen LogP) is 2.53. The fourth-order valence-corrected chi connectivity index (χ4v) is 1.00. The Hall–Kier alpha value is -0.560. The van der Waals surface area contributed by atoms with Gasteiger partial charge < -0.3 is 5.11 Å². The standard InChI is InChI=1S/C10H18O/c1-3-5-7-10(6-4-2)8-9-11/h4-5,7,10-11H,2-3,6,8-9H2,1H3/b7-5-. The topological polar surface area (TPSA) is 20.2 Å². The molecule has 0 heterocycles. The molecule has 1 N–H and O–H groups in total. The highest BCUT2D eigenvalue weighted by Crippen LogP contribution is 2.10. The molecule has 0 aliphatic heterocycles. The largest absolute Gasteiger partial charge is 0.396 e. The first-order valence-corrected chi connectivity index (χ1v) is 4.23. The lowest BCUT2D eigenvalue weighted by molar-refractivity contribution is 0.270. The van der Waals surface area contributed by atoms with Crippen LogP contribution in [0.1, 0.15) is 26.2 Å². The zero-order chi connectivity index (χ0) is 8.53. The summed E-state index contributed by atoms with van der Waals surface area (Å²) in [7, 11) is 0. The highest BCUT2D eigenvalue weighted by atomic mass is 16.3. The molecule has 1 heteroatoms. The van der Waals surface area contributed by atoms with Crippen LogP contribution in [0.2, 0.25) is 0 Å². The SMILES string of the molecule is C=CCC(/C=C\CC)CCO. The lowest BCUT2D eigenvalue weighted by Crippen LogP contribution is -1.97. The Morgan fingerprint density at radius 2 is 2.27 bits per heavy atom. The van der Waals surface area contributed by atoms with Crippen LogP contribution in [0.5, 0.6) is 0 Å². The van der Waals surface area contributed by atoms with Crippen LogP contribution >= 0.6 is 0 Å². The van der Waals surface area contributed by atoms with E-state index in [1.807, 2.05) is 6.08 Å². The van der Waals surface area contributed by atoms with Gasteiger partial charge in [0.1, 0.15) is 0 Å². The Kier molecular flexibility index (Phi) is 7.16. The van der Waals surface area contributed by atoms with E-state index in [4.69, 9.17) is 5.11 Å². The van der Waals surface area contributed by atoms with E-state index in [2.05, 4.69) is 25.7 Å². The van der Waals surface area contributed by atoms with Gasteiger partial charge >= 0.3 is 0 Å². The summed E-state index contributed by atoms with van der Waals surface area (Å²) in [5.41, 5.74) is 0. The maximum Gasteiger partial charge on any atom is 0.0436 e. The molecule has 0 aromatic carbocycles. The predicted molar refractivity (Wildman–Crippen MR) is 49.4 cm³/mol. The Balaban J connectivity index is 3.67. The third-order valence-corrected chi connectivity index (χ3v) is 1.61. The van der Waals surface area contributed by atoms with Crippen LogP contribution in [-0.4, -0.2) is 11.7 Å². The molecule has 0 amide bonds. The van der Waals surface area contributed by atoms with Gasteiger partial charge in [0.05, 0.1) is 0 Å². The summed E-state index contributed by atoms with van der Waals surface area (Å²) in [5.74, 6) is 0.484. The van der Waals surface area contributed by atoms with E-state index in [9.17, 15) is 0 Å². The zero-order valence-corrected chi connectivity index (χ0v) is 7.29. The van der Waals surface area contributed by atoms with E-state index in [1.165, 1.54) is 0 Å². The fraction of sp³-hybridized carbons (Fsp3) is 0.600. The molecule has 11 heavy (non-hydrogen) atoms. The molecule has 0 aliphatic carbocycles. The van der Waals surface area contributed by atoms with Gasteiger partial charge in [-0.3, -0.25) is 0 Å². The summed E-state index contributed by atoms with van der Waals surface area (Å²) in [4.78, 5) is 0. The summed E-state index contributed by atoms with van der Waals surface area (Å²) in [6.07, 6.45) is 9.10. The highest BCUT2D eigenvalue weighted by molar-refractivity contribution is 4.90. The lowest BCUT2D eigenvalue weighted by atomic mass is 10.0. The van der Waals surface area contributed by atoms with Gasteiger partial charge in [0, 0.05) is 6.61 Å². The Morgan fingerprint density at radius 1 is 1.55 bits per heavy atom. The van der Waals surface area contributed by atoms with Crippen LogP contribution in [0.15, 0.2) is 24.8 Å². The minimum atomic E-state index is 0.270. The van der Waals surface area contributed by atoms with Crippen molar-refractivity contribution in [2.24, 2.45) is 5.92 Å². The van der Waals surface area contributed by atoms with Crippen LogP contribution in [0.25, 0.3) is 0 Å². The van der Waals surface area contributed by atoms with Crippen LogP contribution in [0.4, 0.5) is 0 Å². The Morgan fingerprint density at radius 3 is 2.73 bits per heavy atom. The summed E-state index contributed by atoms with van der Waals surface area (Å²) < 4.78 is 0. The Bertz CT molecular complexity index is 116. The van der Waals surface area contributed by atoms with E-state index in [1.54, 1.807) is 0 Å². The van der Waals surface area contributed by atoms with E-state index in [-0.39, 0.29) is 6.61 Å². The molecule has 1 unspecified atom stereocenters. The molecule has 1 atom stereocenters. The minimum absolute atomic E-state index is 0.270. The van der Waals surface area contributed by atoms with Gasteiger partial charge in [0.25, 0.3) is 0 Å². The molecule has 0 spiro atoms. The lowest BCUT2D eigenvalue weighted by Gasteiger charge is -2.06. The first kappa shape index (κ1) is 10.4. The van der Waals surface area contributed by atoms with Crippen molar-refractivity contribution in [1.82, 2.24) is 0 Å². The van der Waals surface area contributed by atoms with Gasteiger partial charge in [-0.25, -0.2) is 0 Å². The van der Waals surface area contributed by atoms with Crippen LogP contribution in [-0.2, 0) is 0 Å². The van der Waals surface area contributed by atoms with Gasteiger partial charge in [-0.2, -0.15) is 0 Å². The number of hydrogen-bond acceptors (Lipinski definition) is 1. The maximum atomic E-state index is 8.69. The molecule has 0 aliphatic rings. The zero-order valence-electron chi connectivity index (χ0n) is 7.29. The van der Waals surface area contributed by atoms with E-state index in [0.717, 1.165) is 19.3 Å². The van der Waals surface area contributed by atoms with Gasteiger partial charge in [-0.05, 0) is 25.2 Å². The fourth-order valence-electron chi connectivity index (χ4n) is 1.00. The minimum Gasteiger partial charge on any atom is -0.396 e. The van der Waals surface area contributed by atoms with E-state index >= 15 is 0 Å². The van der Waals surface area contributed by atoms with E-state index in [0.29, 0.717) is 5.92 Å². The maximum absolute atomic E-state index is 8.69. The first-order valence-electron chi connectivity index (χ1n) is 4.23. The molecular formula is C10H18O. The van der Waals surface area contributed by atoms with Crippen LogP contribution in [0.3, 0.4) is 0 Å². The normalized spacial score (nSPS) is 13.6. The molecule has 0 saturated carbocycles. The summed E-state index contributed by atoms with van der Waals surface area (Å²) >= 11 is 0. The van der Waals surface area contributed by atoms with Crippen molar-refractivity contribution >= 4 is 0 Å². The summed E-state index contributed by atoms with van der Waals surface area (Å²) in [6, 6.07) is 0. The van der Waals surface area contributed by atoms with Crippen LogP contribution < -0.4 is 0 Å². The van der Waals surface area contributed by atoms with E-state index < -0.39 is 0 Å². The van der Waals surface area contributed by atoms with Crippen molar-refractivity contribution in [3.63, 3.8) is 0 Å². The van der Waals surface area contributed by atoms with Crippen molar-refractivity contribution in [3.8, 4) is 0 Å². The molecule has 0 radical (unpaired) electrons. The average Bonchev–Trinajstić information content (AvgIpc) is 2.01. The van der Waals surface area contributed by atoms with Gasteiger partial charge in [-0.15, -0.1) is 6.58 Å². The molecule has 0 saturated heterocycles. The number of hydrogen-bond donors (Lipinski definition) is 1. The summed E-state index contributed by atoms with van der Waals surface area (Å²) in [6.45, 7) is 6.06. The quantitative estimate of drug-likeness (QED) is 0.583. The third-order valence-electron chi connectivity index (χ3n) is 1.61. The first-order chi connectivity index (χ1) is 5.35. The monoisotopic (exact) mass is 154 g/mol. The highest BCUT2D eigenvalue weighted by Gasteiger charge is 1.99. The van der Waals surface area contributed by atoms with Crippen molar-refractivity contribution in [2.45, 2.75) is 26.2 Å². The number of rotatable bonds is 6. The average molecular weight is 154 g/mol.